The molecule has 4 aliphatic rings. The van der Waals surface area contributed by atoms with Gasteiger partial charge in [-0.1, -0.05) is 32.1 Å². The van der Waals surface area contributed by atoms with Crippen molar-refractivity contribution in [2.45, 2.75) is 57.3 Å². The lowest BCUT2D eigenvalue weighted by molar-refractivity contribution is -0.178. The molecule has 2 saturated carbocycles. The number of aliphatic hydroxyl groups excluding tert-OH is 2. The first-order chi connectivity index (χ1) is 14.5. The fourth-order valence-electron chi connectivity index (χ4n) is 6.75. The van der Waals surface area contributed by atoms with Crippen molar-refractivity contribution in [3.63, 3.8) is 0 Å². The van der Waals surface area contributed by atoms with Crippen molar-refractivity contribution in [3.8, 4) is 0 Å². The molecule has 4 aliphatic carbocycles. The van der Waals surface area contributed by atoms with Crippen molar-refractivity contribution in [2.75, 3.05) is 0 Å². The molecule has 2 fully saturated rings. The maximum absolute atomic E-state index is 13.1. The first-order valence-corrected chi connectivity index (χ1v) is 10.9. The third kappa shape index (κ3) is 3.09. The average Bonchev–Trinajstić information content (AvgIpc) is 2.98. The summed E-state index contributed by atoms with van der Waals surface area (Å²) < 4.78 is 4.01. The molecule has 0 amide bonds. The highest BCUT2D eigenvalue weighted by atomic mass is 35.5. The van der Waals surface area contributed by atoms with Crippen LogP contribution in [0.15, 0.2) is 36.0 Å². The Morgan fingerprint density at radius 3 is 2.71 bits per heavy atom. The first-order valence-electron chi connectivity index (χ1n) is 10.6. The summed E-state index contributed by atoms with van der Waals surface area (Å²) in [4.78, 5) is 36.3. The smallest absolute Gasteiger partial charge is 0.327 e. The van der Waals surface area contributed by atoms with Gasteiger partial charge in [-0.3, -0.25) is 14.4 Å². The van der Waals surface area contributed by atoms with Gasteiger partial charge >= 0.3 is 5.97 Å². The van der Waals surface area contributed by atoms with Crippen LogP contribution >= 0.6 is 11.9 Å². The predicted octanol–water partition coefficient (Wildman–Crippen LogP) is 1.79. The van der Waals surface area contributed by atoms with E-state index in [1.807, 2.05) is 25.2 Å². The number of fused-ring (bicyclic) bond motifs is 5. The molecule has 0 heterocycles. The summed E-state index contributed by atoms with van der Waals surface area (Å²) in [6.07, 6.45) is 6.43. The third-order valence-corrected chi connectivity index (χ3v) is 8.54. The topological polar surface area (TPSA) is 121 Å². The second kappa shape index (κ2) is 7.37. The molecule has 168 valence electrons. The van der Waals surface area contributed by atoms with E-state index in [4.69, 9.17) is 11.9 Å². The minimum absolute atomic E-state index is 0.0870. The summed E-state index contributed by atoms with van der Waals surface area (Å²) in [5.74, 6) is -2.35. The van der Waals surface area contributed by atoms with Crippen LogP contribution < -0.4 is 0 Å². The van der Waals surface area contributed by atoms with E-state index in [1.165, 1.54) is 6.08 Å². The zero-order valence-corrected chi connectivity index (χ0v) is 18.2. The number of Topliss-reactive ketones (excluding diaryl/α,β-unsaturated/α-hetero) is 1. The Labute approximate surface area is 185 Å². The van der Waals surface area contributed by atoms with Gasteiger partial charge in [0.05, 0.1) is 12.5 Å². The van der Waals surface area contributed by atoms with Crippen LogP contribution in [0.1, 0.15) is 39.5 Å². The number of allylic oxidation sites excluding steroid dienone is 6. The lowest BCUT2D eigenvalue weighted by Crippen LogP contribution is -2.62. The number of rotatable bonds is 4. The van der Waals surface area contributed by atoms with E-state index in [1.54, 1.807) is 13.0 Å². The first kappa shape index (κ1) is 22.4. The van der Waals surface area contributed by atoms with E-state index in [-0.39, 0.29) is 36.4 Å². The molecule has 1 unspecified atom stereocenters. The molecule has 8 heteroatoms. The Morgan fingerprint density at radius 1 is 1.32 bits per heavy atom. The van der Waals surface area contributed by atoms with E-state index in [0.717, 1.165) is 5.57 Å². The van der Waals surface area contributed by atoms with Crippen LogP contribution in [0.2, 0.25) is 0 Å². The molecular weight excluding hydrogens is 424 g/mol. The van der Waals surface area contributed by atoms with E-state index in [9.17, 15) is 29.7 Å². The van der Waals surface area contributed by atoms with Gasteiger partial charge in [-0.25, -0.2) is 0 Å². The molecule has 0 spiro atoms. The Balaban J connectivity index is 1.69. The normalized spacial score (nSPS) is 44.1. The van der Waals surface area contributed by atoms with Gasteiger partial charge in [-0.15, -0.1) is 0 Å². The van der Waals surface area contributed by atoms with Crippen LogP contribution in [0, 0.1) is 28.6 Å². The molecule has 4 rings (SSSR count). The highest BCUT2D eigenvalue weighted by Crippen LogP contribution is 2.65. The zero-order chi connectivity index (χ0) is 22.8. The van der Waals surface area contributed by atoms with E-state index >= 15 is 0 Å². The summed E-state index contributed by atoms with van der Waals surface area (Å²) in [6, 6.07) is 0. The fourth-order valence-corrected chi connectivity index (χ4v) is 6.81. The van der Waals surface area contributed by atoms with Crippen LogP contribution in [-0.2, 0) is 18.7 Å². The molecule has 8 atom stereocenters. The molecule has 0 saturated heterocycles. The van der Waals surface area contributed by atoms with Crippen LogP contribution in [0.5, 0.6) is 0 Å². The minimum Gasteiger partial charge on any atom is -0.393 e. The van der Waals surface area contributed by atoms with Crippen LogP contribution in [-0.4, -0.2) is 50.7 Å². The Morgan fingerprint density at radius 2 is 2.03 bits per heavy atom. The summed E-state index contributed by atoms with van der Waals surface area (Å²) in [5, 5.41) is 33.1. The average molecular weight is 451 g/mol. The highest BCUT2D eigenvalue weighted by molar-refractivity contribution is 6.13. The van der Waals surface area contributed by atoms with Crippen LogP contribution in [0.4, 0.5) is 0 Å². The molecule has 3 N–H and O–H groups in total. The summed E-state index contributed by atoms with van der Waals surface area (Å²) in [6.45, 7) is 3.78. The maximum atomic E-state index is 13.1. The minimum atomic E-state index is -1.89. The number of ketones is 2. The summed E-state index contributed by atoms with van der Waals surface area (Å²) >= 11 is 5.00. The van der Waals surface area contributed by atoms with Gasteiger partial charge in [0.2, 0.25) is 0 Å². The van der Waals surface area contributed by atoms with Gasteiger partial charge < -0.3 is 19.6 Å². The van der Waals surface area contributed by atoms with Crippen LogP contribution in [0.25, 0.3) is 0 Å². The molecule has 0 aromatic heterocycles. The van der Waals surface area contributed by atoms with Gasteiger partial charge in [-0.05, 0) is 48.8 Å². The largest absolute Gasteiger partial charge is 0.393 e. The van der Waals surface area contributed by atoms with E-state index in [2.05, 4.69) is 4.29 Å². The molecule has 31 heavy (non-hydrogen) atoms. The van der Waals surface area contributed by atoms with Crippen molar-refractivity contribution >= 4 is 29.4 Å². The quantitative estimate of drug-likeness (QED) is 0.597. The van der Waals surface area contributed by atoms with Crippen molar-refractivity contribution in [1.82, 2.24) is 0 Å². The van der Waals surface area contributed by atoms with Crippen molar-refractivity contribution in [2.24, 2.45) is 28.6 Å². The molecule has 0 aliphatic heterocycles. The van der Waals surface area contributed by atoms with E-state index in [0.29, 0.717) is 6.42 Å². The van der Waals surface area contributed by atoms with Crippen molar-refractivity contribution < 1.29 is 34.0 Å². The number of carbonyl (C=O) groups excluding carboxylic acids is 3. The van der Waals surface area contributed by atoms with E-state index < -0.39 is 46.8 Å². The monoisotopic (exact) mass is 450 g/mol. The zero-order valence-electron chi connectivity index (χ0n) is 17.5. The molecule has 0 aromatic carbocycles. The van der Waals surface area contributed by atoms with Crippen molar-refractivity contribution in [1.29, 1.82) is 0 Å². The second-order valence-electron chi connectivity index (χ2n) is 9.81. The third-order valence-electron chi connectivity index (χ3n) is 8.37. The Hall–Kier alpha value is -1.80. The summed E-state index contributed by atoms with van der Waals surface area (Å²) in [7, 11) is 0. The van der Waals surface area contributed by atoms with Crippen molar-refractivity contribution in [3.05, 3.63) is 36.0 Å². The standard InChI is InChI=1S/C23H27ClO7/c1-21-7-5-13(25)9-12(21)3-4-14-15-6-8-23(30,20(29)16(26)10-18(28)31-24)22(15,2)11-17(27)19(14)21/h3-5,7,9,14-17,19,26-27,30H,6,8,10-11H2,1-2H3/t14-,15-,16?,17-,19+,21-,22-,23-/m0/s1. The van der Waals surface area contributed by atoms with Gasteiger partial charge in [0, 0.05) is 16.7 Å². The second-order valence-corrected chi connectivity index (χ2v) is 9.96. The summed E-state index contributed by atoms with van der Waals surface area (Å²) in [5.41, 5.74) is -2.56. The highest BCUT2D eigenvalue weighted by Gasteiger charge is 2.68. The molecule has 7 nitrogen and oxygen atoms in total. The number of aliphatic hydroxyl groups is 3. The van der Waals surface area contributed by atoms with Gasteiger partial charge in [0.1, 0.15) is 23.6 Å². The number of halogens is 1. The number of hydrogen-bond acceptors (Lipinski definition) is 7. The number of carbonyl (C=O) groups is 3. The fraction of sp³-hybridized carbons (Fsp3) is 0.609. The molecular formula is C23H27ClO7. The molecule has 0 radical (unpaired) electrons. The molecule has 0 bridgehead atoms. The Kier molecular flexibility index (Phi) is 5.33. The van der Waals surface area contributed by atoms with Crippen LogP contribution in [0.3, 0.4) is 0 Å². The number of hydrogen-bond donors (Lipinski definition) is 3. The van der Waals surface area contributed by atoms with Gasteiger partial charge in [0.15, 0.2) is 11.6 Å². The lowest BCUT2D eigenvalue weighted by atomic mass is 9.47. The molecule has 0 aromatic rings. The SMILES string of the molecule is C[C@]12C=CC(=O)C=C1C=C[C@@H]1[C@@H]2[C@@H](O)C[C@@]2(C)[C@H]1CC[C@]2(O)C(=O)C(O)CC(=O)OCl. The lowest BCUT2D eigenvalue weighted by Gasteiger charge is -2.57. The maximum Gasteiger partial charge on any atom is 0.327 e. The Bertz CT molecular complexity index is 923. The van der Waals surface area contributed by atoms with Gasteiger partial charge in [0.25, 0.3) is 0 Å². The van der Waals surface area contributed by atoms with Gasteiger partial charge in [-0.2, -0.15) is 0 Å². The predicted molar refractivity (Wildman–Crippen MR) is 110 cm³/mol.